The fourth-order valence-corrected chi connectivity index (χ4v) is 14.5. The van der Waals surface area contributed by atoms with Crippen molar-refractivity contribution < 1.29 is 9.47 Å². The molecule has 0 fully saturated rings. The number of fused-ring (bicyclic) bond motifs is 14. The second-order valence-corrected chi connectivity index (χ2v) is 24.8. The van der Waals surface area contributed by atoms with Crippen LogP contribution in [0.2, 0.25) is 0 Å². The highest BCUT2D eigenvalue weighted by Gasteiger charge is 2.58. The molecule has 0 unspecified atom stereocenters. The van der Waals surface area contributed by atoms with Crippen LogP contribution in [0.1, 0.15) is 86.9 Å². The van der Waals surface area contributed by atoms with E-state index in [0.717, 1.165) is 56.9 Å². The molecule has 80 heavy (non-hydrogen) atoms. The van der Waals surface area contributed by atoms with Crippen LogP contribution in [0.4, 0.5) is 45.5 Å². The summed E-state index contributed by atoms with van der Waals surface area (Å²) in [6.07, 6.45) is 1.36. The Morgan fingerprint density at radius 2 is 0.838 bits per heavy atom. The largest absolute Gasteiger partial charge is 0.489 e. The molecule has 0 saturated carbocycles. The van der Waals surface area contributed by atoms with Crippen LogP contribution >= 0.6 is 0 Å². The number of rotatable bonds is 5. The molecular weight excluding hydrogens is 974 g/mol. The van der Waals surface area contributed by atoms with Crippen molar-refractivity contribution in [3.63, 3.8) is 0 Å². The van der Waals surface area contributed by atoms with E-state index in [4.69, 9.17) is 9.47 Å². The maximum atomic E-state index is 8.20. The molecule has 2 aliphatic carbocycles. The van der Waals surface area contributed by atoms with Crippen molar-refractivity contribution in [2.75, 3.05) is 14.7 Å². The second kappa shape index (κ2) is 16.8. The van der Waals surface area contributed by atoms with E-state index >= 15 is 0 Å². The maximum absolute atomic E-state index is 8.20. The predicted molar refractivity (Wildman–Crippen MR) is 329 cm³/mol. The number of nitrogens with zero attached hydrogens (tertiary/aromatic N) is 3. The predicted octanol–water partition coefficient (Wildman–Crippen LogP) is 17.2. The molecule has 0 bridgehead atoms. The van der Waals surface area contributed by atoms with Gasteiger partial charge >= 0.3 is 0 Å². The first-order valence-electron chi connectivity index (χ1n) is 28.4. The van der Waals surface area contributed by atoms with Gasteiger partial charge in [-0.3, -0.25) is 0 Å². The van der Waals surface area contributed by atoms with E-state index in [2.05, 4.69) is 287 Å². The first-order chi connectivity index (χ1) is 38.9. The SMILES string of the molecule is CC(C)(C)c1ccc(N2C3=C(OC4(C3)c3ccccc3-c3ccccc34)B3c4cc5c(cc4N(c4ccc(C(C)(C)C)cc4)c4cc(N(c6ccccc6)c6ccccc6)cc2c43)OC2(C5)c3ccccc3-c3ccccc32)cc1. The highest BCUT2D eigenvalue weighted by molar-refractivity contribution is 6.95. The zero-order valence-electron chi connectivity index (χ0n) is 46.1. The smallest absolute Gasteiger partial charge is 0.296 e. The first kappa shape index (κ1) is 47.0. The van der Waals surface area contributed by atoms with Gasteiger partial charge in [-0.1, -0.05) is 205 Å². The fourth-order valence-electron chi connectivity index (χ4n) is 14.5. The molecule has 5 nitrogen and oxygen atoms in total. The maximum Gasteiger partial charge on any atom is 0.296 e. The lowest BCUT2D eigenvalue weighted by Crippen LogP contribution is -2.56. The quantitative estimate of drug-likeness (QED) is 0.160. The second-order valence-electron chi connectivity index (χ2n) is 24.8. The number of hydrogen-bond acceptors (Lipinski definition) is 5. The van der Waals surface area contributed by atoms with Crippen LogP contribution in [0.15, 0.2) is 242 Å². The van der Waals surface area contributed by atoms with Crippen LogP contribution in [0.3, 0.4) is 0 Å². The van der Waals surface area contributed by atoms with Crippen LogP contribution in [0.5, 0.6) is 5.75 Å². The fraction of sp³-hybridized carbons (Fsp3) is 0.162. The van der Waals surface area contributed by atoms with Crippen molar-refractivity contribution in [2.45, 2.75) is 76.4 Å². The van der Waals surface area contributed by atoms with Crippen molar-refractivity contribution in [2.24, 2.45) is 0 Å². The molecule has 4 aliphatic heterocycles. The van der Waals surface area contributed by atoms with E-state index in [1.165, 1.54) is 77.8 Å². The molecule has 0 aromatic heterocycles. The number of hydrogen-bond donors (Lipinski definition) is 0. The zero-order valence-corrected chi connectivity index (χ0v) is 46.1. The minimum atomic E-state index is -0.770. The molecule has 2 spiro atoms. The Labute approximate surface area is 470 Å². The molecule has 4 heterocycles. The Morgan fingerprint density at radius 1 is 0.412 bits per heavy atom. The molecule has 0 atom stereocenters. The first-order valence-corrected chi connectivity index (χ1v) is 28.4. The minimum absolute atomic E-state index is 0.0311. The van der Waals surface area contributed by atoms with E-state index in [-0.39, 0.29) is 17.5 Å². The Hall–Kier alpha value is -9.00. The van der Waals surface area contributed by atoms with Crippen molar-refractivity contribution in [1.29, 1.82) is 0 Å². The van der Waals surface area contributed by atoms with Crippen molar-refractivity contribution in [3.05, 3.63) is 281 Å². The van der Waals surface area contributed by atoms with Gasteiger partial charge in [0.2, 0.25) is 0 Å². The molecule has 16 rings (SSSR count). The Bertz CT molecular complexity index is 4100. The third kappa shape index (κ3) is 6.65. The molecule has 6 aliphatic rings. The van der Waals surface area contributed by atoms with E-state index in [1.54, 1.807) is 0 Å². The van der Waals surface area contributed by atoms with Gasteiger partial charge in [0.15, 0.2) is 11.2 Å². The summed E-state index contributed by atoms with van der Waals surface area (Å²) < 4.78 is 15.9. The molecule has 0 N–H and O–H groups in total. The van der Waals surface area contributed by atoms with Gasteiger partial charge < -0.3 is 24.2 Å². The molecular formula is C74H60BN3O2. The molecule has 10 aromatic rings. The Kier molecular flexibility index (Phi) is 9.86. The third-order valence-electron chi connectivity index (χ3n) is 18.2. The van der Waals surface area contributed by atoms with Gasteiger partial charge in [-0.2, -0.15) is 0 Å². The topological polar surface area (TPSA) is 28.2 Å². The summed E-state index contributed by atoms with van der Waals surface area (Å²) in [7, 11) is 0. The highest BCUT2D eigenvalue weighted by atomic mass is 16.5. The molecule has 0 amide bonds. The summed E-state index contributed by atoms with van der Waals surface area (Å²) in [5.41, 5.74) is 25.4. The summed E-state index contributed by atoms with van der Waals surface area (Å²) in [4.78, 5) is 7.54. The summed E-state index contributed by atoms with van der Waals surface area (Å²) in [5, 5.41) is 0. The number of anilines is 8. The normalized spacial score (nSPS) is 16.1. The summed E-state index contributed by atoms with van der Waals surface area (Å²) in [5.74, 6) is 0.912. The van der Waals surface area contributed by atoms with Crippen LogP contribution in [0, 0.1) is 0 Å². The summed E-state index contributed by atoms with van der Waals surface area (Å²) >= 11 is 0. The van der Waals surface area contributed by atoms with Gasteiger partial charge in [-0.25, -0.2) is 0 Å². The van der Waals surface area contributed by atoms with Gasteiger partial charge in [-0.15, -0.1) is 0 Å². The van der Waals surface area contributed by atoms with Crippen molar-refractivity contribution >= 4 is 63.1 Å². The number of ether oxygens (including phenoxy) is 2. The lowest BCUT2D eigenvalue weighted by Gasteiger charge is -2.44. The highest BCUT2D eigenvalue weighted by Crippen LogP contribution is 2.62. The monoisotopic (exact) mass is 1030 g/mol. The van der Waals surface area contributed by atoms with E-state index in [9.17, 15) is 0 Å². The number of benzene rings is 10. The lowest BCUT2D eigenvalue weighted by molar-refractivity contribution is 0.0783. The van der Waals surface area contributed by atoms with Crippen LogP contribution < -0.4 is 30.4 Å². The minimum Gasteiger partial charge on any atom is -0.489 e. The average Bonchev–Trinajstić information content (AvgIpc) is 2.56. The van der Waals surface area contributed by atoms with Gasteiger partial charge in [0.05, 0.1) is 17.0 Å². The van der Waals surface area contributed by atoms with E-state index < -0.39 is 11.2 Å². The van der Waals surface area contributed by atoms with E-state index in [1.807, 2.05) is 0 Å². The third-order valence-corrected chi connectivity index (χ3v) is 18.2. The van der Waals surface area contributed by atoms with Gasteiger partial charge in [0.25, 0.3) is 6.71 Å². The zero-order chi connectivity index (χ0) is 53.9. The lowest BCUT2D eigenvalue weighted by atomic mass is 9.35. The van der Waals surface area contributed by atoms with Gasteiger partial charge in [0.1, 0.15) is 5.75 Å². The van der Waals surface area contributed by atoms with E-state index in [0.29, 0.717) is 12.8 Å². The Balaban J connectivity index is 1.01. The summed E-state index contributed by atoms with van der Waals surface area (Å²) in [6.45, 7) is 13.5. The standard InChI is InChI=1S/C74H60BN3O2/c1-71(2,3)48-33-37-52(38-34-48)77-64-44-68-47(45-73(79-68)59-29-17-13-25-55(59)56-26-14-18-30-60(56)73)41-63(64)75-69-65(77)42-54(76(50-21-9-7-10-22-50)51-23-11-8-12-24-51)43-66(69)78(53-39-35-49(36-40-53)72(4,5)6)67-46-74(80-70(67)75)61-31-19-15-27-57(61)58-28-16-20-32-62(58)74/h7-44H,45-46H2,1-6H3. The molecule has 0 radical (unpaired) electrons. The van der Waals surface area contributed by atoms with Crippen molar-refractivity contribution in [1.82, 2.24) is 0 Å². The molecule has 0 saturated heterocycles. The Morgan fingerprint density at radius 3 is 1.31 bits per heavy atom. The van der Waals surface area contributed by atoms with Crippen LogP contribution in [-0.2, 0) is 33.2 Å². The van der Waals surface area contributed by atoms with Gasteiger partial charge in [-0.05, 0) is 121 Å². The molecule has 386 valence electrons. The number of para-hydroxylation sites is 2. The molecule has 10 aromatic carbocycles. The van der Waals surface area contributed by atoms with Gasteiger partial charge in [0, 0.05) is 81.0 Å². The van der Waals surface area contributed by atoms with Crippen molar-refractivity contribution in [3.8, 4) is 28.0 Å². The van der Waals surface area contributed by atoms with Crippen LogP contribution in [0.25, 0.3) is 22.3 Å². The average molecular weight is 1030 g/mol. The molecule has 6 heteroatoms. The van der Waals surface area contributed by atoms with Crippen LogP contribution in [-0.4, -0.2) is 6.71 Å². The summed E-state index contributed by atoms with van der Waals surface area (Å²) in [6, 6.07) is 85.8.